The van der Waals surface area contributed by atoms with Gasteiger partial charge in [0.25, 0.3) is 0 Å². The number of methoxy groups -OCH3 is 3. The first-order valence-corrected chi connectivity index (χ1v) is 13.5. The average molecular weight is 565 g/mol. The highest BCUT2D eigenvalue weighted by Gasteiger charge is 2.32. The van der Waals surface area contributed by atoms with E-state index in [0.29, 0.717) is 52.0 Å². The maximum absolute atomic E-state index is 13.5. The monoisotopic (exact) mass is 564 g/mol. The first kappa shape index (κ1) is 25.2. The number of carbonyl (C=O) groups excluding carboxylic acids is 1. The van der Waals surface area contributed by atoms with Crippen molar-refractivity contribution in [1.82, 2.24) is 19.7 Å². The maximum Gasteiger partial charge on any atom is 0.203 e. The molecule has 41 heavy (non-hydrogen) atoms. The summed E-state index contributed by atoms with van der Waals surface area (Å²) in [6.45, 7) is 0. The van der Waals surface area contributed by atoms with E-state index in [1.165, 1.54) is 0 Å². The minimum absolute atomic E-state index is 0.0438. The molecule has 204 valence electrons. The Balaban J connectivity index is 1.65. The lowest BCUT2D eigenvalue weighted by Gasteiger charge is -2.16. The molecule has 0 unspecified atom stereocenters. The SMILES string of the molecule is COc1cc(-c2c3c(nc4c2c(-c2c[nH]c5ccccc25)nn4-c2ccc(Cl)cc2)CCC3=O)cc(OC)c1OC. The summed E-state index contributed by atoms with van der Waals surface area (Å²) in [6.07, 6.45) is 2.89. The van der Waals surface area contributed by atoms with E-state index in [0.717, 1.165) is 44.4 Å². The maximum atomic E-state index is 13.5. The van der Waals surface area contributed by atoms with Gasteiger partial charge in [0.2, 0.25) is 5.75 Å². The molecule has 0 atom stereocenters. The van der Waals surface area contributed by atoms with Crippen LogP contribution in [0.25, 0.3) is 50.0 Å². The molecule has 9 heteroatoms. The van der Waals surface area contributed by atoms with Crippen LogP contribution >= 0.6 is 11.6 Å². The number of halogens is 1. The van der Waals surface area contributed by atoms with Gasteiger partial charge < -0.3 is 19.2 Å². The number of ether oxygens (including phenoxy) is 3. The zero-order valence-electron chi connectivity index (χ0n) is 22.6. The molecule has 0 spiro atoms. The number of hydrogen-bond donors (Lipinski definition) is 1. The fraction of sp³-hybridized carbons (Fsp3) is 0.156. The Morgan fingerprint density at radius 2 is 1.63 bits per heavy atom. The molecule has 0 amide bonds. The molecule has 1 aliphatic rings. The van der Waals surface area contributed by atoms with Gasteiger partial charge in [0.05, 0.1) is 38.1 Å². The number of benzene rings is 3. The van der Waals surface area contributed by atoms with E-state index in [4.69, 9.17) is 35.9 Å². The highest BCUT2D eigenvalue weighted by Crippen LogP contribution is 2.47. The molecule has 0 radical (unpaired) electrons. The van der Waals surface area contributed by atoms with Gasteiger partial charge in [-0.3, -0.25) is 4.79 Å². The molecule has 8 nitrogen and oxygen atoms in total. The number of ketones is 1. The quantitative estimate of drug-likeness (QED) is 0.233. The zero-order chi connectivity index (χ0) is 28.2. The second-order valence-electron chi connectivity index (χ2n) is 9.83. The van der Waals surface area contributed by atoms with Crippen LogP contribution in [0.2, 0.25) is 5.02 Å². The van der Waals surface area contributed by atoms with Crippen molar-refractivity contribution < 1.29 is 19.0 Å². The van der Waals surface area contributed by atoms with E-state index in [1.807, 2.05) is 65.5 Å². The Hall–Kier alpha value is -4.82. The third-order valence-corrected chi connectivity index (χ3v) is 7.88. The highest BCUT2D eigenvalue weighted by atomic mass is 35.5. The Morgan fingerprint density at radius 1 is 0.902 bits per heavy atom. The molecule has 7 rings (SSSR count). The van der Waals surface area contributed by atoms with Crippen LogP contribution in [0.5, 0.6) is 17.2 Å². The van der Waals surface area contributed by atoms with Crippen molar-refractivity contribution in [2.45, 2.75) is 12.8 Å². The first-order chi connectivity index (χ1) is 20.0. The molecule has 0 aliphatic heterocycles. The third-order valence-electron chi connectivity index (χ3n) is 7.63. The Bertz CT molecular complexity index is 1970. The number of carbonyl (C=O) groups is 1. The Labute approximate surface area is 240 Å². The van der Waals surface area contributed by atoms with E-state index in [1.54, 1.807) is 21.3 Å². The van der Waals surface area contributed by atoms with Gasteiger partial charge >= 0.3 is 0 Å². The second-order valence-corrected chi connectivity index (χ2v) is 10.3. The summed E-state index contributed by atoms with van der Waals surface area (Å²) in [6, 6.07) is 19.3. The third kappa shape index (κ3) is 3.86. The number of rotatable bonds is 6. The minimum atomic E-state index is 0.0438. The van der Waals surface area contributed by atoms with Crippen molar-refractivity contribution in [1.29, 1.82) is 0 Å². The Kier molecular flexibility index (Phi) is 5.94. The largest absolute Gasteiger partial charge is 0.493 e. The fourth-order valence-electron chi connectivity index (χ4n) is 5.77. The standard InChI is InChI=1S/C32H25ClN4O4/c1-39-25-14-17(15-26(40-2)31(25)41-3)27-28-23(12-13-24(28)38)35-32-29(27)30(21-16-34-22-7-5-4-6-20(21)22)36-37(32)19-10-8-18(33)9-11-19/h4-11,14-16,34H,12-13H2,1-3H3. The van der Waals surface area contributed by atoms with Gasteiger partial charge in [0.1, 0.15) is 5.69 Å². The van der Waals surface area contributed by atoms with E-state index < -0.39 is 0 Å². The summed E-state index contributed by atoms with van der Waals surface area (Å²) >= 11 is 6.23. The molecule has 3 aromatic carbocycles. The van der Waals surface area contributed by atoms with E-state index in [2.05, 4.69) is 11.1 Å². The van der Waals surface area contributed by atoms with Crippen LogP contribution in [0.1, 0.15) is 22.5 Å². The van der Waals surface area contributed by atoms with Crippen LogP contribution in [0.4, 0.5) is 0 Å². The minimum Gasteiger partial charge on any atom is -0.493 e. The van der Waals surface area contributed by atoms with Crippen LogP contribution < -0.4 is 14.2 Å². The summed E-state index contributed by atoms with van der Waals surface area (Å²) in [5.74, 6) is 1.50. The van der Waals surface area contributed by atoms with Crippen molar-refractivity contribution in [2.75, 3.05) is 21.3 Å². The van der Waals surface area contributed by atoms with Gasteiger partial charge in [0, 0.05) is 45.2 Å². The number of Topliss-reactive ketones (excluding diaryl/α,β-unsaturated/α-hetero) is 1. The van der Waals surface area contributed by atoms with Crippen LogP contribution in [-0.4, -0.2) is 46.9 Å². The van der Waals surface area contributed by atoms with Crippen molar-refractivity contribution in [3.8, 4) is 45.3 Å². The van der Waals surface area contributed by atoms with Crippen molar-refractivity contribution in [2.24, 2.45) is 0 Å². The first-order valence-electron chi connectivity index (χ1n) is 13.1. The summed E-state index contributed by atoms with van der Waals surface area (Å²) in [5.41, 5.74) is 6.86. The topological polar surface area (TPSA) is 91.3 Å². The van der Waals surface area contributed by atoms with Gasteiger partial charge in [-0.05, 0) is 54.4 Å². The summed E-state index contributed by atoms with van der Waals surface area (Å²) in [7, 11) is 4.72. The smallest absolute Gasteiger partial charge is 0.203 e. The number of nitrogens with one attached hydrogen (secondary N) is 1. The van der Waals surface area contributed by atoms with Crippen LogP contribution in [-0.2, 0) is 6.42 Å². The van der Waals surface area contributed by atoms with E-state index >= 15 is 0 Å². The predicted molar refractivity (Wildman–Crippen MR) is 159 cm³/mol. The predicted octanol–water partition coefficient (Wildman–Crippen LogP) is 7.04. The summed E-state index contributed by atoms with van der Waals surface area (Å²) in [5, 5.41) is 7.54. The van der Waals surface area contributed by atoms with Crippen molar-refractivity contribution in [3.63, 3.8) is 0 Å². The molecule has 1 N–H and O–H groups in total. The molecule has 3 heterocycles. The number of para-hydroxylation sites is 1. The molecule has 0 saturated carbocycles. The number of pyridine rings is 1. The Morgan fingerprint density at radius 3 is 2.34 bits per heavy atom. The van der Waals surface area contributed by atoms with E-state index in [9.17, 15) is 4.79 Å². The fourth-order valence-corrected chi connectivity index (χ4v) is 5.89. The summed E-state index contributed by atoms with van der Waals surface area (Å²) < 4.78 is 18.8. The van der Waals surface area contributed by atoms with Crippen LogP contribution in [0, 0.1) is 0 Å². The lowest BCUT2D eigenvalue weighted by molar-refractivity contribution is 0.0995. The number of nitrogens with zero attached hydrogens (tertiary/aromatic N) is 3. The molecule has 0 bridgehead atoms. The molecular formula is C32H25ClN4O4. The van der Waals surface area contributed by atoms with Crippen molar-refractivity contribution in [3.05, 3.63) is 83.1 Å². The highest BCUT2D eigenvalue weighted by molar-refractivity contribution is 6.30. The average Bonchev–Trinajstić information content (AvgIpc) is 3.71. The van der Waals surface area contributed by atoms with Crippen LogP contribution in [0.3, 0.4) is 0 Å². The summed E-state index contributed by atoms with van der Waals surface area (Å²) in [4.78, 5) is 21.9. The molecule has 6 aromatic rings. The lowest BCUT2D eigenvalue weighted by atomic mass is 9.93. The van der Waals surface area contributed by atoms with Gasteiger partial charge in [-0.1, -0.05) is 29.8 Å². The number of aromatic nitrogens is 4. The van der Waals surface area contributed by atoms with Crippen LogP contribution in [0.15, 0.2) is 66.9 Å². The molecule has 0 fully saturated rings. The van der Waals surface area contributed by atoms with Gasteiger partial charge in [-0.2, -0.15) is 5.10 Å². The van der Waals surface area contributed by atoms with Gasteiger partial charge in [0.15, 0.2) is 22.9 Å². The van der Waals surface area contributed by atoms with Gasteiger partial charge in [-0.25, -0.2) is 9.67 Å². The number of aryl methyl sites for hydroxylation is 1. The molecular weight excluding hydrogens is 540 g/mol. The molecule has 3 aromatic heterocycles. The van der Waals surface area contributed by atoms with Gasteiger partial charge in [-0.15, -0.1) is 0 Å². The molecule has 0 saturated heterocycles. The number of aromatic amines is 1. The second kappa shape index (κ2) is 9.67. The zero-order valence-corrected chi connectivity index (χ0v) is 23.4. The normalized spacial score (nSPS) is 12.7. The molecule has 1 aliphatic carbocycles. The number of hydrogen-bond acceptors (Lipinski definition) is 6. The van der Waals surface area contributed by atoms with Crippen molar-refractivity contribution >= 4 is 39.3 Å². The number of H-pyrrole nitrogens is 1. The van der Waals surface area contributed by atoms with E-state index in [-0.39, 0.29) is 5.78 Å². The number of fused-ring (bicyclic) bond motifs is 3. The lowest BCUT2D eigenvalue weighted by Crippen LogP contribution is -2.03.